The number of esters is 1. The first-order valence-electron chi connectivity index (χ1n) is 8.07. The van der Waals surface area contributed by atoms with Gasteiger partial charge in [-0.05, 0) is 29.8 Å². The second-order valence-electron chi connectivity index (χ2n) is 6.03. The standard InChI is InChI=1S/C19H14ClN3O4/c1-27-17(25)15-14-16(24)23(13-5-3-2-4-6-13)18(26)19(14,22-21-15)11-7-9-12(20)10-8-11/h2-10,21-22H,1H3/t19-/m1/s1. The highest BCUT2D eigenvalue weighted by molar-refractivity contribution is 6.35. The van der Waals surface area contributed by atoms with Gasteiger partial charge in [-0.1, -0.05) is 41.9 Å². The zero-order chi connectivity index (χ0) is 19.2. The number of anilines is 1. The maximum Gasteiger partial charge on any atom is 0.356 e. The number of hydrogen-bond donors (Lipinski definition) is 2. The van der Waals surface area contributed by atoms with Gasteiger partial charge in [-0.2, -0.15) is 0 Å². The Labute approximate surface area is 159 Å². The fourth-order valence-electron chi connectivity index (χ4n) is 3.37. The van der Waals surface area contributed by atoms with E-state index < -0.39 is 23.3 Å². The fourth-order valence-corrected chi connectivity index (χ4v) is 3.50. The SMILES string of the molecule is COC(=O)C1=C2C(=O)N(c3ccccc3)C(=O)[C@]2(c2ccc(Cl)cc2)NN1. The van der Waals surface area contributed by atoms with Gasteiger partial charge < -0.3 is 10.2 Å². The summed E-state index contributed by atoms with van der Waals surface area (Å²) in [6.07, 6.45) is 0. The first kappa shape index (κ1) is 17.3. The minimum atomic E-state index is -1.55. The second kappa shape index (κ2) is 6.22. The lowest BCUT2D eigenvalue weighted by Gasteiger charge is -2.25. The first-order valence-corrected chi connectivity index (χ1v) is 8.44. The lowest BCUT2D eigenvalue weighted by atomic mass is 9.85. The monoisotopic (exact) mass is 383 g/mol. The number of amides is 2. The molecular weight excluding hydrogens is 370 g/mol. The molecule has 0 aromatic heterocycles. The van der Waals surface area contributed by atoms with E-state index in [-0.39, 0.29) is 11.3 Å². The van der Waals surface area contributed by atoms with Gasteiger partial charge >= 0.3 is 5.97 Å². The van der Waals surface area contributed by atoms with Crippen LogP contribution >= 0.6 is 11.6 Å². The zero-order valence-electron chi connectivity index (χ0n) is 14.2. The molecule has 2 heterocycles. The summed E-state index contributed by atoms with van der Waals surface area (Å²) in [5.74, 6) is -1.87. The van der Waals surface area contributed by atoms with Gasteiger partial charge in [0.1, 0.15) is 5.70 Å². The molecule has 7 nitrogen and oxygen atoms in total. The van der Waals surface area contributed by atoms with Gasteiger partial charge in [-0.3, -0.25) is 9.59 Å². The van der Waals surface area contributed by atoms with E-state index in [1.807, 2.05) is 0 Å². The van der Waals surface area contributed by atoms with Crippen molar-refractivity contribution in [2.24, 2.45) is 0 Å². The van der Waals surface area contributed by atoms with Crippen molar-refractivity contribution < 1.29 is 19.1 Å². The van der Waals surface area contributed by atoms with Gasteiger partial charge in [-0.25, -0.2) is 15.1 Å². The third kappa shape index (κ3) is 2.36. The molecule has 8 heteroatoms. The summed E-state index contributed by atoms with van der Waals surface area (Å²) in [5, 5.41) is 0.483. The van der Waals surface area contributed by atoms with Crippen molar-refractivity contribution in [3.8, 4) is 0 Å². The molecule has 0 unspecified atom stereocenters. The third-order valence-corrected chi connectivity index (χ3v) is 4.87. The van der Waals surface area contributed by atoms with Gasteiger partial charge in [0.2, 0.25) is 0 Å². The van der Waals surface area contributed by atoms with Crippen LogP contribution in [0.4, 0.5) is 5.69 Å². The number of carbonyl (C=O) groups is 3. The predicted octanol–water partition coefficient (Wildman–Crippen LogP) is 1.64. The quantitative estimate of drug-likeness (QED) is 0.619. The van der Waals surface area contributed by atoms with Crippen molar-refractivity contribution in [2.75, 3.05) is 12.0 Å². The Kier molecular flexibility index (Phi) is 3.98. The van der Waals surface area contributed by atoms with Crippen molar-refractivity contribution in [2.45, 2.75) is 5.54 Å². The molecule has 0 radical (unpaired) electrons. The zero-order valence-corrected chi connectivity index (χ0v) is 14.9. The Bertz CT molecular complexity index is 988. The number of nitrogens with zero attached hydrogens (tertiary/aromatic N) is 1. The number of hydrogen-bond acceptors (Lipinski definition) is 6. The molecule has 2 aliphatic heterocycles. The number of fused-ring (bicyclic) bond motifs is 1. The molecule has 136 valence electrons. The van der Waals surface area contributed by atoms with Crippen molar-refractivity contribution in [3.05, 3.63) is 76.5 Å². The minimum Gasteiger partial charge on any atom is -0.464 e. The van der Waals surface area contributed by atoms with Crippen molar-refractivity contribution >= 4 is 35.1 Å². The van der Waals surface area contributed by atoms with E-state index in [2.05, 4.69) is 10.9 Å². The summed E-state index contributed by atoms with van der Waals surface area (Å²) in [6.45, 7) is 0. The van der Waals surface area contributed by atoms with Crippen LogP contribution in [0.1, 0.15) is 5.56 Å². The number of para-hydroxylation sites is 1. The minimum absolute atomic E-state index is 0.00877. The van der Waals surface area contributed by atoms with Gasteiger partial charge in [0.05, 0.1) is 18.4 Å². The van der Waals surface area contributed by atoms with Crippen LogP contribution in [-0.2, 0) is 24.7 Å². The van der Waals surface area contributed by atoms with Crippen molar-refractivity contribution in [3.63, 3.8) is 0 Å². The Hall–Kier alpha value is -3.16. The van der Waals surface area contributed by atoms with Crippen LogP contribution in [0.2, 0.25) is 5.02 Å². The number of imide groups is 1. The summed E-state index contributed by atoms with van der Waals surface area (Å²) in [5.41, 5.74) is 4.71. The molecule has 1 atom stereocenters. The average molecular weight is 384 g/mol. The molecule has 0 saturated carbocycles. The number of nitrogens with one attached hydrogen (secondary N) is 2. The smallest absolute Gasteiger partial charge is 0.356 e. The summed E-state index contributed by atoms with van der Waals surface area (Å²) in [6, 6.07) is 15.0. The first-order chi connectivity index (χ1) is 13.0. The van der Waals surface area contributed by atoms with Gasteiger partial charge in [-0.15, -0.1) is 0 Å². The maximum atomic E-state index is 13.4. The van der Waals surface area contributed by atoms with Crippen LogP contribution in [0.3, 0.4) is 0 Å². The average Bonchev–Trinajstić information content (AvgIpc) is 3.19. The number of hydrazine groups is 1. The molecular formula is C19H14ClN3O4. The highest BCUT2D eigenvalue weighted by Crippen LogP contribution is 2.44. The van der Waals surface area contributed by atoms with E-state index in [1.54, 1.807) is 54.6 Å². The number of benzene rings is 2. The molecule has 0 spiro atoms. The van der Waals surface area contributed by atoms with Crippen LogP contribution < -0.4 is 15.8 Å². The van der Waals surface area contributed by atoms with Gasteiger partial charge in [0, 0.05) is 5.02 Å². The fraction of sp³-hybridized carbons (Fsp3) is 0.105. The van der Waals surface area contributed by atoms with E-state index in [9.17, 15) is 14.4 Å². The molecule has 0 bridgehead atoms. The lowest BCUT2D eigenvalue weighted by Crippen LogP contribution is -2.51. The van der Waals surface area contributed by atoms with E-state index in [0.717, 1.165) is 4.90 Å². The molecule has 2 aromatic carbocycles. The Morgan fingerprint density at radius 3 is 2.37 bits per heavy atom. The summed E-state index contributed by atoms with van der Waals surface area (Å²) >= 11 is 5.97. The van der Waals surface area contributed by atoms with Crippen molar-refractivity contribution in [1.29, 1.82) is 0 Å². The number of ether oxygens (including phenoxy) is 1. The van der Waals surface area contributed by atoms with E-state index >= 15 is 0 Å². The Morgan fingerprint density at radius 1 is 1.07 bits per heavy atom. The highest BCUT2D eigenvalue weighted by Gasteiger charge is 2.62. The lowest BCUT2D eigenvalue weighted by molar-refractivity contribution is -0.137. The summed E-state index contributed by atoms with van der Waals surface area (Å²) < 4.78 is 4.76. The van der Waals surface area contributed by atoms with Gasteiger partial charge in [0.15, 0.2) is 5.54 Å². The summed E-state index contributed by atoms with van der Waals surface area (Å²) in [7, 11) is 1.20. The topological polar surface area (TPSA) is 87.7 Å². The van der Waals surface area contributed by atoms with Crippen LogP contribution in [0.25, 0.3) is 0 Å². The molecule has 1 fully saturated rings. The Morgan fingerprint density at radius 2 is 1.74 bits per heavy atom. The van der Waals surface area contributed by atoms with Gasteiger partial charge in [0.25, 0.3) is 11.8 Å². The predicted molar refractivity (Wildman–Crippen MR) is 97.4 cm³/mol. The maximum absolute atomic E-state index is 13.4. The molecule has 1 saturated heterocycles. The Balaban J connectivity index is 1.96. The van der Waals surface area contributed by atoms with Crippen molar-refractivity contribution in [1.82, 2.24) is 10.9 Å². The molecule has 2 amide bonds. The van der Waals surface area contributed by atoms with Crippen LogP contribution in [-0.4, -0.2) is 24.9 Å². The van der Waals surface area contributed by atoms with E-state index in [0.29, 0.717) is 16.3 Å². The van der Waals surface area contributed by atoms with Crippen LogP contribution in [0.5, 0.6) is 0 Å². The number of halogens is 1. The molecule has 2 aromatic rings. The second-order valence-corrected chi connectivity index (χ2v) is 6.47. The molecule has 2 aliphatic rings. The van der Waals surface area contributed by atoms with Crippen LogP contribution in [0, 0.1) is 0 Å². The summed E-state index contributed by atoms with van der Waals surface area (Å²) in [4.78, 5) is 39.9. The third-order valence-electron chi connectivity index (χ3n) is 4.62. The normalized spacial score (nSPS) is 21.3. The number of carbonyl (C=O) groups excluding carboxylic acids is 3. The highest BCUT2D eigenvalue weighted by atomic mass is 35.5. The molecule has 27 heavy (non-hydrogen) atoms. The molecule has 0 aliphatic carbocycles. The van der Waals surface area contributed by atoms with E-state index in [4.69, 9.17) is 16.3 Å². The largest absolute Gasteiger partial charge is 0.464 e. The number of methoxy groups -OCH3 is 1. The molecule has 2 N–H and O–H groups in total. The van der Waals surface area contributed by atoms with Crippen LogP contribution in [0.15, 0.2) is 65.9 Å². The van der Waals surface area contributed by atoms with E-state index in [1.165, 1.54) is 7.11 Å². The number of rotatable bonds is 3. The molecule has 4 rings (SSSR count).